The maximum absolute atomic E-state index is 13.2. The van der Waals surface area contributed by atoms with Crippen molar-refractivity contribution in [1.29, 1.82) is 5.26 Å². The Bertz CT molecular complexity index is 1670. The van der Waals surface area contributed by atoms with Gasteiger partial charge in [-0.3, -0.25) is 0 Å². The Balaban J connectivity index is 1.89. The number of sulfonamides is 1. The number of nitrogens with zero attached hydrogens (tertiary/aromatic N) is 2. The molecule has 0 fully saturated rings. The largest absolute Gasteiger partial charge is 0.487 e. The molecule has 41 heavy (non-hydrogen) atoms. The average molecular weight is 677 g/mol. The van der Waals surface area contributed by atoms with Crippen LogP contribution < -0.4 is 30.0 Å². The fourth-order valence-corrected chi connectivity index (χ4v) is 7.87. The number of ether oxygens (including phenoxy) is 2. The monoisotopic (exact) mass is 676 g/mol. The third kappa shape index (κ3) is 7.79. The highest BCUT2D eigenvalue weighted by atomic mass is 35.5. The van der Waals surface area contributed by atoms with Crippen LogP contribution in [0.1, 0.15) is 11.1 Å². The molecule has 0 aliphatic rings. The van der Waals surface area contributed by atoms with Crippen LogP contribution in [0.3, 0.4) is 0 Å². The van der Waals surface area contributed by atoms with Gasteiger partial charge in [-0.2, -0.15) is 28.7 Å². The van der Waals surface area contributed by atoms with Gasteiger partial charge < -0.3 is 24.6 Å². The van der Waals surface area contributed by atoms with Crippen LogP contribution in [-0.4, -0.2) is 45.9 Å². The zero-order valence-corrected chi connectivity index (χ0v) is 24.5. The predicted octanol–water partition coefficient (Wildman–Crippen LogP) is 3.53. The first-order chi connectivity index (χ1) is 19.1. The molecule has 3 aromatic rings. The number of nitriles is 1. The first-order valence-corrected chi connectivity index (χ1v) is 15.9. The molecule has 1 heterocycles. The number of benzene rings is 2. The van der Waals surface area contributed by atoms with Crippen LogP contribution in [0.4, 0.5) is 13.2 Å². The lowest BCUT2D eigenvalue weighted by atomic mass is 10.1. The minimum Gasteiger partial charge on any atom is -0.487 e. The van der Waals surface area contributed by atoms with Crippen molar-refractivity contribution < 1.29 is 50.6 Å². The summed E-state index contributed by atoms with van der Waals surface area (Å²) < 4.78 is 95.7. The van der Waals surface area contributed by atoms with E-state index in [-0.39, 0.29) is 62.1 Å². The molecule has 0 amide bonds. The van der Waals surface area contributed by atoms with Gasteiger partial charge in [0, 0.05) is 11.9 Å². The molecule has 0 saturated heterocycles. The highest BCUT2D eigenvalue weighted by molar-refractivity contribution is 7.92. The van der Waals surface area contributed by atoms with Crippen molar-refractivity contribution in [2.45, 2.75) is 10.4 Å². The van der Waals surface area contributed by atoms with E-state index in [0.717, 1.165) is 18.2 Å². The Hall–Kier alpha value is -2.68. The number of hydrogen-bond acceptors (Lipinski definition) is 10. The normalized spacial score (nSPS) is 13.4. The van der Waals surface area contributed by atoms with Crippen molar-refractivity contribution >= 4 is 62.2 Å². The molecule has 0 spiro atoms. The molecule has 1 aromatic heterocycles. The topological polar surface area (TPSA) is 199 Å². The van der Waals surface area contributed by atoms with Crippen LogP contribution in [0.25, 0.3) is 10.1 Å². The number of thiophene rings is 1. The minimum absolute atomic E-state index is 0.000651. The van der Waals surface area contributed by atoms with E-state index >= 15 is 0 Å². The quantitative estimate of drug-likeness (QED) is 0.119. The molecule has 0 bridgehead atoms. The Labute approximate surface area is 244 Å². The molecule has 12 nitrogen and oxygen atoms in total. The number of fused-ring (bicyclic) bond motifs is 1. The van der Waals surface area contributed by atoms with E-state index in [0.29, 0.717) is 17.4 Å². The maximum atomic E-state index is 13.2. The van der Waals surface area contributed by atoms with E-state index in [2.05, 4.69) is 5.11 Å². The van der Waals surface area contributed by atoms with E-state index < -0.39 is 47.0 Å². The summed E-state index contributed by atoms with van der Waals surface area (Å²) in [5.41, 5.74) is 8.48. The predicted molar refractivity (Wildman–Crippen MR) is 143 cm³/mol. The van der Waals surface area contributed by atoms with E-state index in [1.165, 1.54) is 6.07 Å². The number of hydrogen-bond donors (Lipinski definition) is 4. The van der Waals surface area contributed by atoms with Gasteiger partial charge in [-0.1, -0.05) is 23.2 Å². The first kappa shape index (κ1) is 32.8. The molecule has 0 aliphatic heterocycles. The molecule has 0 radical (unpaired) electrons. The maximum Gasteiger partial charge on any atom is 0.417 e. The SMILES string of the molecule is N#Cc1ccc(OP(=O)(O)CNS(=O)(=O)c2cc3c(Cl)c(OCCN=[NH2+])c(OCCN)c(Cl)c3s2)cc1C(F)(F)F. The van der Waals surface area contributed by atoms with Gasteiger partial charge in [0.1, 0.15) is 41.0 Å². The van der Waals surface area contributed by atoms with E-state index in [9.17, 15) is 31.0 Å². The van der Waals surface area contributed by atoms with Crippen LogP contribution >= 0.6 is 42.1 Å². The summed E-state index contributed by atoms with van der Waals surface area (Å²) in [6.45, 7) is 0.218. The van der Waals surface area contributed by atoms with Crippen molar-refractivity contribution in [2.75, 3.05) is 32.6 Å². The fraction of sp³-hybridized carbons (Fsp3) is 0.286. The Kier molecular flexibility index (Phi) is 10.5. The van der Waals surface area contributed by atoms with Gasteiger partial charge in [0.2, 0.25) is 0 Å². The van der Waals surface area contributed by atoms with E-state index in [4.69, 9.17) is 53.7 Å². The fourth-order valence-electron chi connectivity index (χ4n) is 3.22. The molecule has 1 unspecified atom stereocenters. The summed E-state index contributed by atoms with van der Waals surface area (Å²) in [6.07, 6.45) is -6.16. The summed E-state index contributed by atoms with van der Waals surface area (Å²) in [5, 5.41) is 12.4. The second-order valence-corrected chi connectivity index (χ2v) is 13.4. The third-order valence-electron chi connectivity index (χ3n) is 4.97. The number of halogens is 5. The standard InChI is InChI=1S/C21H19Cl2F3N5O7PS2/c22-16-13-8-15(40-20(13)17(23)19(36-5-3-27)18(16)37-6-4-30-29)41(34,35)31-10-39(32,33)38-12-2-1-11(9-28)14(7-12)21(24,25)26/h1-2,7-8,29,31H,3-6,10,27H2,(H,32,33)/p+1. The summed E-state index contributed by atoms with van der Waals surface area (Å²) >= 11 is 13.6. The zero-order valence-electron chi connectivity index (χ0n) is 20.4. The molecule has 20 heteroatoms. The minimum atomic E-state index is -4.95. The molecule has 0 aliphatic carbocycles. The van der Waals surface area contributed by atoms with Crippen molar-refractivity contribution in [3.63, 3.8) is 0 Å². The molecule has 1 atom stereocenters. The number of nitrogens with two attached hydrogens (primary N) is 2. The Morgan fingerprint density at radius 1 is 1.20 bits per heavy atom. The van der Waals surface area contributed by atoms with E-state index in [1.807, 2.05) is 4.72 Å². The second kappa shape index (κ2) is 13.1. The smallest absolute Gasteiger partial charge is 0.417 e. The Morgan fingerprint density at radius 3 is 2.46 bits per heavy atom. The van der Waals surface area contributed by atoms with Gasteiger partial charge in [-0.15, -0.1) is 11.3 Å². The number of nitrogens with one attached hydrogen (secondary N) is 1. The van der Waals surface area contributed by atoms with Gasteiger partial charge in [-0.25, -0.2) is 13.0 Å². The molecule has 222 valence electrons. The van der Waals surface area contributed by atoms with Crippen molar-refractivity contribution in [3.05, 3.63) is 45.4 Å². The zero-order chi connectivity index (χ0) is 30.6. The molecule has 2 aromatic carbocycles. The van der Waals surface area contributed by atoms with Gasteiger partial charge >= 0.3 is 13.8 Å². The van der Waals surface area contributed by atoms with Crippen molar-refractivity contribution in [2.24, 2.45) is 10.8 Å². The van der Waals surface area contributed by atoms with Gasteiger partial charge in [0.15, 0.2) is 11.5 Å². The van der Waals surface area contributed by atoms with Crippen LogP contribution in [-0.2, 0) is 20.8 Å². The lowest BCUT2D eigenvalue weighted by Crippen LogP contribution is -2.25. The molecule has 6 N–H and O–H groups in total. The first-order valence-electron chi connectivity index (χ1n) is 11.0. The van der Waals surface area contributed by atoms with Gasteiger partial charge in [-0.05, 0) is 29.4 Å². The number of alkyl halides is 3. The summed E-state index contributed by atoms with van der Waals surface area (Å²) in [6, 6.07) is 4.48. The summed E-state index contributed by atoms with van der Waals surface area (Å²) in [4.78, 5) is 10.1. The van der Waals surface area contributed by atoms with Crippen LogP contribution in [0.5, 0.6) is 17.2 Å². The molecular formula is C21H20Cl2F3N5O7PS2+. The van der Waals surface area contributed by atoms with Crippen molar-refractivity contribution in [3.8, 4) is 23.3 Å². The third-order valence-corrected chi connectivity index (χ3v) is 10.1. The molecule has 3 rings (SSSR count). The summed E-state index contributed by atoms with van der Waals surface area (Å²) in [7, 11) is -9.39. The Morgan fingerprint density at radius 2 is 1.85 bits per heavy atom. The van der Waals surface area contributed by atoms with Crippen LogP contribution in [0.2, 0.25) is 10.0 Å². The molecule has 0 saturated carbocycles. The van der Waals surface area contributed by atoms with E-state index in [1.54, 1.807) is 0 Å². The van der Waals surface area contributed by atoms with Gasteiger partial charge in [0.25, 0.3) is 10.0 Å². The van der Waals surface area contributed by atoms with Crippen LogP contribution in [0, 0.1) is 11.3 Å². The highest BCUT2D eigenvalue weighted by Gasteiger charge is 2.35. The second-order valence-electron chi connectivity index (χ2n) is 7.84. The van der Waals surface area contributed by atoms with Crippen molar-refractivity contribution in [1.82, 2.24) is 4.72 Å². The lowest BCUT2D eigenvalue weighted by Gasteiger charge is -2.16. The lowest BCUT2D eigenvalue weighted by molar-refractivity contribution is -0.222. The summed E-state index contributed by atoms with van der Waals surface area (Å²) in [5.74, 6) is -0.717. The molecular weight excluding hydrogens is 657 g/mol. The highest BCUT2D eigenvalue weighted by Crippen LogP contribution is 2.51. The van der Waals surface area contributed by atoms with Crippen LogP contribution in [0.15, 0.2) is 33.6 Å². The number of rotatable bonds is 13. The van der Waals surface area contributed by atoms with Gasteiger partial charge in [0.05, 0.1) is 26.9 Å². The average Bonchev–Trinajstić information content (AvgIpc) is 3.37.